The van der Waals surface area contributed by atoms with Gasteiger partial charge < -0.3 is 31.1 Å². The number of allylic oxidation sites excluding steroid dienone is 2. The number of phenolic OH excluding ortho intramolecular Hbond substituents is 1. The first-order chi connectivity index (χ1) is 16.1. The summed E-state index contributed by atoms with van der Waals surface area (Å²) >= 11 is 0. The minimum Gasteiger partial charge on any atom is -0.511 e. The smallest absolute Gasteiger partial charge is 0.407 e. The number of ether oxygens (including phenoxy) is 1. The maximum absolute atomic E-state index is 13.4. The fourth-order valence-electron chi connectivity index (χ4n) is 5.28. The van der Waals surface area contributed by atoms with Gasteiger partial charge in [-0.3, -0.25) is 14.4 Å². The third-order valence-corrected chi connectivity index (χ3v) is 6.73. The van der Waals surface area contributed by atoms with E-state index in [4.69, 9.17) is 10.5 Å². The zero-order valence-corrected chi connectivity index (χ0v) is 18.6. The molecule has 0 bridgehead atoms. The number of amides is 2. The summed E-state index contributed by atoms with van der Waals surface area (Å²) < 4.78 is 5.01. The Morgan fingerprint density at radius 2 is 1.91 bits per heavy atom. The zero-order chi connectivity index (χ0) is 24.7. The van der Waals surface area contributed by atoms with Gasteiger partial charge in [-0.25, -0.2) is 4.79 Å². The number of phenols is 1. The van der Waals surface area contributed by atoms with Gasteiger partial charge in [-0.1, -0.05) is 13.0 Å². The summed E-state index contributed by atoms with van der Waals surface area (Å²) in [5.74, 6) is -5.78. The van der Waals surface area contributed by atoms with Gasteiger partial charge in [0.1, 0.15) is 22.8 Å². The molecule has 0 heterocycles. The number of aromatic hydroxyl groups is 1. The van der Waals surface area contributed by atoms with Gasteiger partial charge in [0.2, 0.25) is 0 Å². The highest BCUT2D eigenvalue weighted by Gasteiger charge is 2.50. The van der Waals surface area contributed by atoms with Crippen LogP contribution < -0.4 is 11.1 Å². The molecule has 1 unspecified atom stereocenters. The number of rotatable bonds is 5. The summed E-state index contributed by atoms with van der Waals surface area (Å²) in [4.78, 5) is 49.3. The van der Waals surface area contributed by atoms with Crippen LogP contribution in [0, 0.1) is 17.8 Å². The number of carbonyl (C=O) groups is 4. The van der Waals surface area contributed by atoms with Gasteiger partial charge >= 0.3 is 6.09 Å². The molecule has 0 spiro atoms. The van der Waals surface area contributed by atoms with Crippen molar-refractivity contribution in [3.63, 3.8) is 0 Å². The Morgan fingerprint density at radius 1 is 1.18 bits per heavy atom. The Labute approximate surface area is 195 Å². The second-order valence-corrected chi connectivity index (χ2v) is 8.84. The van der Waals surface area contributed by atoms with Gasteiger partial charge in [-0.2, -0.15) is 0 Å². The van der Waals surface area contributed by atoms with Crippen LogP contribution >= 0.6 is 0 Å². The Balaban J connectivity index is 1.72. The van der Waals surface area contributed by atoms with Crippen LogP contribution in [0.3, 0.4) is 0 Å². The SMILES string of the molecule is CCCOC(=O)NCc1ccc(O)c2c1C[C@H]1C[C@H]3CC(=O)C(C(N)=O)=C(O)C3C(=O)C1=C2O. The maximum atomic E-state index is 13.4. The molecule has 3 atom stereocenters. The summed E-state index contributed by atoms with van der Waals surface area (Å²) in [5.41, 5.74) is 6.00. The second kappa shape index (κ2) is 8.85. The van der Waals surface area contributed by atoms with Crippen molar-refractivity contribution in [1.29, 1.82) is 0 Å². The zero-order valence-electron chi connectivity index (χ0n) is 18.6. The lowest BCUT2D eigenvalue weighted by Gasteiger charge is -2.41. The Morgan fingerprint density at radius 3 is 2.59 bits per heavy atom. The van der Waals surface area contributed by atoms with E-state index in [0.29, 0.717) is 24.0 Å². The van der Waals surface area contributed by atoms with Gasteiger partial charge in [-0.15, -0.1) is 0 Å². The molecule has 1 aromatic rings. The van der Waals surface area contributed by atoms with Crippen LogP contribution in [0.25, 0.3) is 5.76 Å². The minimum absolute atomic E-state index is 0.0428. The molecule has 0 saturated heterocycles. The quantitative estimate of drug-likeness (QED) is 0.405. The molecule has 3 aliphatic rings. The van der Waals surface area contributed by atoms with E-state index in [1.54, 1.807) is 6.07 Å². The molecule has 4 rings (SSSR count). The van der Waals surface area contributed by atoms with E-state index in [1.807, 2.05) is 6.92 Å². The highest BCUT2D eigenvalue weighted by atomic mass is 16.5. The first-order valence-electron chi connectivity index (χ1n) is 11.1. The van der Waals surface area contributed by atoms with Gasteiger partial charge in [0, 0.05) is 18.5 Å². The molecule has 6 N–H and O–H groups in total. The topological polar surface area (TPSA) is 176 Å². The molecule has 10 nitrogen and oxygen atoms in total. The number of ketones is 2. The predicted octanol–water partition coefficient (Wildman–Crippen LogP) is 1.95. The molecule has 3 aliphatic carbocycles. The third kappa shape index (κ3) is 3.78. The van der Waals surface area contributed by atoms with Crippen LogP contribution in [0.5, 0.6) is 5.75 Å². The monoisotopic (exact) mass is 470 g/mol. The van der Waals surface area contributed by atoms with Gasteiger partial charge in [-0.05, 0) is 48.3 Å². The van der Waals surface area contributed by atoms with Crippen molar-refractivity contribution >= 4 is 29.3 Å². The van der Waals surface area contributed by atoms with Crippen molar-refractivity contribution in [3.05, 3.63) is 45.7 Å². The highest BCUT2D eigenvalue weighted by molar-refractivity contribution is 6.21. The second-order valence-electron chi connectivity index (χ2n) is 8.84. The Bertz CT molecular complexity index is 1170. The first kappa shape index (κ1) is 23.3. The Hall–Kier alpha value is -3.82. The number of aliphatic hydroxyl groups is 2. The largest absolute Gasteiger partial charge is 0.511 e. The molecule has 10 heteroatoms. The van der Waals surface area contributed by atoms with Gasteiger partial charge in [0.15, 0.2) is 11.6 Å². The number of hydrogen-bond donors (Lipinski definition) is 5. The predicted molar refractivity (Wildman–Crippen MR) is 118 cm³/mol. The van der Waals surface area contributed by atoms with E-state index in [0.717, 1.165) is 0 Å². The van der Waals surface area contributed by atoms with Crippen LogP contribution in [0.2, 0.25) is 0 Å². The van der Waals surface area contributed by atoms with E-state index in [2.05, 4.69) is 5.32 Å². The molecular weight excluding hydrogens is 444 g/mol. The van der Waals surface area contributed by atoms with Crippen molar-refractivity contribution in [2.75, 3.05) is 6.61 Å². The average Bonchev–Trinajstić information content (AvgIpc) is 2.76. The van der Waals surface area contributed by atoms with Crippen molar-refractivity contribution in [1.82, 2.24) is 5.32 Å². The molecule has 34 heavy (non-hydrogen) atoms. The highest BCUT2D eigenvalue weighted by Crippen LogP contribution is 2.50. The minimum atomic E-state index is -1.16. The average molecular weight is 470 g/mol. The third-order valence-electron chi connectivity index (χ3n) is 6.73. The van der Waals surface area contributed by atoms with E-state index >= 15 is 0 Å². The van der Waals surface area contributed by atoms with Gasteiger partial charge in [0.25, 0.3) is 5.91 Å². The van der Waals surface area contributed by atoms with Crippen LogP contribution in [-0.4, -0.2) is 45.5 Å². The normalized spacial score (nSPS) is 23.7. The lowest BCUT2D eigenvalue weighted by molar-refractivity contribution is -0.127. The number of benzene rings is 1. The Kier molecular flexibility index (Phi) is 6.07. The number of aliphatic hydroxyl groups excluding tert-OH is 2. The summed E-state index contributed by atoms with van der Waals surface area (Å²) in [7, 11) is 0. The number of carbonyl (C=O) groups excluding carboxylic acids is 4. The number of Topliss-reactive ketones (excluding diaryl/α,β-unsaturated/α-hetero) is 2. The molecular formula is C24H26N2O8. The first-order valence-corrected chi connectivity index (χ1v) is 11.1. The fourth-order valence-corrected chi connectivity index (χ4v) is 5.28. The van der Waals surface area contributed by atoms with E-state index in [9.17, 15) is 34.5 Å². The summed E-state index contributed by atoms with van der Waals surface area (Å²) in [5, 5.41) is 34.7. The van der Waals surface area contributed by atoms with Crippen molar-refractivity contribution in [2.24, 2.45) is 23.5 Å². The standard InChI is InChI=1S/C24H26N2O8/c1-2-5-34-24(33)26-9-10-3-4-14(27)18-13(10)7-11-6-12-8-15(28)19(23(25)32)22(31)17(12)20(29)16(11)21(18)30/h3-4,11-12,17,27,30-31H,2,5-9H2,1H3,(H2,25,32)(H,26,33)/t11-,12+,17?/m1/s1. The summed E-state index contributed by atoms with van der Waals surface area (Å²) in [6, 6.07) is 2.99. The number of nitrogens with two attached hydrogens (primary N) is 1. The molecule has 2 amide bonds. The van der Waals surface area contributed by atoms with Crippen LogP contribution in [0.15, 0.2) is 29.0 Å². The number of nitrogens with one attached hydrogen (secondary N) is 1. The molecule has 1 saturated carbocycles. The van der Waals surface area contributed by atoms with Crippen molar-refractivity contribution in [2.45, 2.75) is 39.2 Å². The van der Waals surface area contributed by atoms with Crippen LogP contribution in [0.4, 0.5) is 4.79 Å². The molecule has 1 fully saturated rings. The van der Waals surface area contributed by atoms with Gasteiger partial charge in [0.05, 0.1) is 18.1 Å². The molecule has 0 aromatic heterocycles. The number of alkyl carbamates (subject to hydrolysis) is 1. The lowest BCUT2D eigenvalue weighted by Crippen LogP contribution is -2.44. The number of fused-ring (bicyclic) bond motifs is 3. The van der Waals surface area contributed by atoms with E-state index in [-0.39, 0.29) is 42.9 Å². The van der Waals surface area contributed by atoms with E-state index in [1.165, 1.54) is 6.07 Å². The molecule has 1 aromatic carbocycles. The van der Waals surface area contributed by atoms with E-state index < -0.39 is 58.4 Å². The molecule has 0 aliphatic heterocycles. The fraction of sp³-hybridized carbons (Fsp3) is 0.417. The summed E-state index contributed by atoms with van der Waals surface area (Å²) in [6.07, 6.45) is 0.547. The summed E-state index contributed by atoms with van der Waals surface area (Å²) in [6.45, 7) is 2.23. The van der Waals surface area contributed by atoms with Crippen molar-refractivity contribution < 1.29 is 39.2 Å². The van der Waals surface area contributed by atoms with Crippen molar-refractivity contribution in [3.8, 4) is 5.75 Å². The number of primary amides is 1. The maximum Gasteiger partial charge on any atom is 0.407 e. The van der Waals surface area contributed by atoms with Crippen LogP contribution in [-0.2, 0) is 32.1 Å². The lowest BCUT2D eigenvalue weighted by atomic mass is 9.61. The van der Waals surface area contributed by atoms with Crippen LogP contribution in [0.1, 0.15) is 42.9 Å². The molecule has 180 valence electrons. The molecule has 0 radical (unpaired) electrons. The number of hydrogen-bond acceptors (Lipinski definition) is 8.